The third-order valence-corrected chi connectivity index (χ3v) is 2.30. The van der Waals surface area contributed by atoms with Crippen molar-refractivity contribution in [1.29, 1.82) is 0 Å². The summed E-state index contributed by atoms with van der Waals surface area (Å²) in [6.45, 7) is 0. The van der Waals surface area contributed by atoms with Crippen molar-refractivity contribution in [1.82, 2.24) is 0 Å². The van der Waals surface area contributed by atoms with E-state index in [1.54, 1.807) is 0 Å². The third kappa shape index (κ3) is 3.47. The maximum atomic E-state index is 12.6. The first-order valence-electron chi connectivity index (χ1n) is 4.88. The average Bonchev–Trinajstić information content (AvgIpc) is 2.27. The van der Waals surface area contributed by atoms with Crippen LogP contribution in [0, 0.1) is 0 Å². The molecule has 0 aliphatic rings. The Labute approximate surface area is 96.1 Å². The van der Waals surface area contributed by atoms with E-state index in [1.807, 2.05) is 0 Å². The van der Waals surface area contributed by atoms with E-state index in [2.05, 4.69) is 0 Å². The normalized spacial score (nSPS) is 14.6. The molecule has 0 spiro atoms. The first-order chi connectivity index (χ1) is 7.93. The topological polar surface area (TPSA) is 77.8 Å². The van der Waals surface area contributed by atoms with E-state index in [0.29, 0.717) is 0 Å². The van der Waals surface area contributed by atoms with Gasteiger partial charge in [-0.2, -0.15) is 0 Å². The van der Waals surface area contributed by atoms with E-state index in [4.69, 9.17) is 5.11 Å². The quantitative estimate of drug-likeness (QED) is 0.735. The van der Waals surface area contributed by atoms with Crippen molar-refractivity contribution in [2.45, 2.75) is 25.1 Å². The lowest BCUT2D eigenvalue weighted by atomic mass is 9.97. The van der Waals surface area contributed by atoms with E-state index in [-0.39, 0.29) is 5.56 Å². The van der Waals surface area contributed by atoms with Crippen LogP contribution in [-0.2, 0) is 4.79 Å². The lowest BCUT2D eigenvalue weighted by molar-refractivity contribution is -0.141. The summed E-state index contributed by atoms with van der Waals surface area (Å²) < 4.78 is 25.2. The number of rotatable bonds is 5. The van der Waals surface area contributed by atoms with Crippen LogP contribution in [-0.4, -0.2) is 27.4 Å². The molecule has 1 rings (SSSR count). The summed E-state index contributed by atoms with van der Waals surface area (Å²) in [5.41, 5.74) is -0.569. The molecular weight excluding hydrogens is 234 g/mol. The van der Waals surface area contributed by atoms with Crippen molar-refractivity contribution in [2.24, 2.45) is 0 Å². The number of benzene rings is 1. The molecule has 17 heavy (non-hydrogen) atoms. The molecule has 1 aromatic carbocycles. The first kappa shape index (κ1) is 13.5. The Morgan fingerprint density at radius 3 is 2.18 bits per heavy atom. The van der Waals surface area contributed by atoms with E-state index >= 15 is 0 Å². The van der Waals surface area contributed by atoms with Crippen molar-refractivity contribution in [3.8, 4) is 0 Å². The van der Waals surface area contributed by atoms with Gasteiger partial charge in [0.2, 0.25) is 0 Å². The molecule has 94 valence electrons. The van der Waals surface area contributed by atoms with Crippen LogP contribution in [0.3, 0.4) is 0 Å². The largest absolute Gasteiger partial charge is 0.481 e. The standard InChI is InChI=1S/C11H12F2O4/c12-11(13)7-4-2-1-3-6(7)10(17)8(14)5-9(15)16/h1-4,8,10-11,14,17H,5H2,(H,15,16). The highest BCUT2D eigenvalue weighted by Crippen LogP contribution is 2.29. The average molecular weight is 246 g/mol. The molecule has 0 aliphatic heterocycles. The summed E-state index contributed by atoms with van der Waals surface area (Å²) in [6, 6.07) is 5.16. The summed E-state index contributed by atoms with van der Waals surface area (Å²) in [5, 5.41) is 27.4. The Kier molecular flexibility index (Phi) is 4.53. The summed E-state index contributed by atoms with van der Waals surface area (Å²) >= 11 is 0. The van der Waals surface area contributed by atoms with Gasteiger partial charge in [0.1, 0.15) is 6.10 Å². The molecule has 0 saturated carbocycles. The second kappa shape index (κ2) is 5.70. The molecule has 0 bridgehead atoms. The van der Waals surface area contributed by atoms with E-state index in [9.17, 15) is 23.8 Å². The van der Waals surface area contributed by atoms with Crippen molar-refractivity contribution in [2.75, 3.05) is 0 Å². The monoisotopic (exact) mass is 246 g/mol. The van der Waals surface area contributed by atoms with Crippen molar-refractivity contribution < 1.29 is 28.9 Å². The van der Waals surface area contributed by atoms with Gasteiger partial charge in [0.05, 0.1) is 12.5 Å². The minimum Gasteiger partial charge on any atom is -0.481 e. The maximum absolute atomic E-state index is 12.6. The van der Waals surface area contributed by atoms with Crippen LogP contribution < -0.4 is 0 Å². The van der Waals surface area contributed by atoms with Gasteiger partial charge in [-0.15, -0.1) is 0 Å². The highest BCUT2D eigenvalue weighted by atomic mass is 19.3. The second-order valence-electron chi connectivity index (χ2n) is 3.54. The van der Waals surface area contributed by atoms with Crippen LogP contribution in [0.4, 0.5) is 8.78 Å². The van der Waals surface area contributed by atoms with Gasteiger partial charge in [0.15, 0.2) is 0 Å². The Hall–Kier alpha value is -1.53. The fourth-order valence-corrected chi connectivity index (χ4v) is 1.48. The van der Waals surface area contributed by atoms with Gasteiger partial charge in [-0.05, 0) is 5.56 Å². The van der Waals surface area contributed by atoms with Crippen LogP contribution >= 0.6 is 0 Å². The maximum Gasteiger partial charge on any atom is 0.306 e. The van der Waals surface area contributed by atoms with Crippen molar-refractivity contribution in [3.05, 3.63) is 35.4 Å². The number of aliphatic hydroxyl groups is 2. The molecule has 6 heteroatoms. The van der Waals surface area contributed by atoms with Crippen molar-refractivity contribution >= 4 is 5.97 Å². The van der Waals surface area contributed by atoms with Gasteiger partial charge >= 0.3 is 5.97 Å². The van der Waals surface area contributed by atoms with Gasteiger partial charge in [0, 0.05) is 5.56 Å². The van der Waals surface area contributed by atoms with E-state index in [1.165, 1.54) is 18.2 Å². The highest BCUT2D eigenvalue weighted by molar-refractivity contribution is 5.67. The van der Waals surface area contributed by atoms with Crippen LogP contribution in [0.25, 0.3) is 0 Å². The Morgan fingerprint density at radius 1 is 1.18 bits per heavy atom. The number of hydrogen-bond acceptors (Lipinski definition) is 3. The molecule has 0 saturated heterocycles. The summed E-state index contributed by atoms with van der Waals surface area (Å²) in [4.78, 5) is 10.3. The van der Waals surface area contributed by atoms with Gasteiger partial charge in [-0.3, -0.25) is 4.79 Å². The zero-order valence-electron chi connectivity index (χ0n) is 8.75. The van der Waals surface area contributed by atoms with E-state index in [0.717, 1.165) is 6.07 Å². The van der Waals surface area contributed by atoms with Crippen LogP contribution in [0.1, 0.15) is 30.1 Å². The third-order valence-electron chi connectivity index (χ3n) is 2.30. The SMILES string of the molecule is O=C(O)CC(O)C(O)c1ccccc1C(F)F. The minimum atomic E-state index is -2.79. The molecule has 0 aromatic heterocycles. The predicted octanol–water partition coefficient (Wildman–Crippen LogP) is 1.49. The number of carboxylic acids is 1. The first-order valence-corrected chi connectivity index (χ1v) is 4.88. The fraction of sp³-hybridized carbons (Fsp3) is 0.364. The molecule has 0 radical (unpaired) electrons. The lowest BCUT2D eigenvalue weighted by Gasteiger charge is -2.19. The van der Waals surface area contributed by atoms with Gasteiger partial charge < -0.3 is 15.3 Å². The van der Waals surface area contributed by atoms with E-state index < -0.39 is 36.6 Å². The molecule has 0 aliphatic carbocycles. The van der Waals surface area contributed by atoms with Crippen LogP contribution in [0.2, 0.25) is 0 Å². The molecule has 2 atom stereocenters. The lowest BCUT2D eigenvalue weighted by Crippen LogP contribution is -2.22. The molecule has 3 N–H and O–H groups in total. The van der Waals surface area contributed by atoms with Gasteiger partial charge in [0.25, 0.3) is 6.43 Å². The number of carboxylic acid groups (broad SMARTS) is 1. The number of carbonyl (C=O) groups is 1. The summed E-state index contributed by atoms with van der Waals surface area (Å²) in [6.07, 6.45) is -6.76. The fourth-order valence-electron chi connectivity index (χ4n) is 1.48. The molecule has 0 fully saturated rings. The highest BCUT2D eigenvalue weighted by Gasteiger charge is 2.25. The Balaban J connectivity index is 2.95. The summed E-state index contributed by atoms with van der Waals surface area (Å²) in [7, 11) is 0. The molecule has 4 nitrogen and oxygen atoms in total. The molecule has 0 amide bonds. The zero-order valence-corrected chi connectivity index (χ0v) is 8.75. The number of alkyl halides is 2. The van der Waals surface area contributed by atoms with Gasteiger partial charge in [-0.1, -0.05) is 24.3 Å². The number of hydrogen-bond donors (Lipinski definition) is 3. The number of aliphatic hydroxyl groups excluding tert-OH is 2. The minimum absolute atomic E-state index is 0.156. The number of halogens is 2. The van der Waals surface area contributed by atoms with Gasteiger partial charge in [-0.25, -0.2) is 8.78 Å². The Bertz CT molecular complexity index is 395. The smallest absolute Gasteiger partial charge is 0.306 e. The molecule has 2 unspecified atom stereocenters. The van der Waals surface area contributed by atoms with Crippen molar-refractivity contribution in [3.63, 3.8) is 0 Å². The molecule has 0 heterocycles. The zero-order chi connectivity index (χ0) is 13.0. The number of aliphatic carboxylic acids is 1. The summed E-state index contributed by atoms with van der Waals surface area (Å²) in [5.74, 6) is -1.31. The van der Waals surface area contributed by atoms with Crippen LogP contribution in [0.5, 0.6) is 0 Å². The second-order valence-corrected chi connectivity index (χ2v) is 3.54. The Morgan fingerprint density at radius 2 is 1.71 bits per heavy atom. The van der Waals surface area contributed by atoms with Crippen LogP contribution in [0.15, 0.2) is 24.3 Å². The molecular formula is C11H12F2O4. The predicted molar refractivity (Wildman–Crippen MR) is 54.6 cm³/mol. The molecule has 1 aromatic rings.